The lowest BCUT2D eigenvalue weighted by molar-refractivity contribution is 0.0729. The zero-order chi connectivity index (χ0) is 22.6. The van der Waals surface area contributed by atoms with Crippen LogP contribution >= 0.6 is 0 Å². The Kier molecular flexibility index (Phi) is 6.49. The summed E-state index contributed by atoms with van der Waals surface area (Å²) in [5.41, 5.74) is 0.974. The molecule has 1 aliphatic heterocycles. The van der Waals surface area contributed by atoms with Crippen LogP contribution in [0.25, 0.3) is 5.82 Å². The lowest BCUT2D eigenvalue weighted by Gasteiger charge is -2.26. The maximum Gasteiger partial charge on any atom is 0.251 e. The minimum atomic E-state index is -3.84. The summed E-state index contributed by atoms with van der Waals surface area (Å²) in [6, 6.07) is 9.76. The van der Waals surface area contributed by atoms with Crippen molar-refractivity contribution in [2.45, 2.75) is 11.4 Å². The summed E-state index contributed by atoms with van der Waals surface area (Å²) < 4.78 is 39.7. The summed E-state index contributed by atoms with van der Waals surface area (Å²) in [5.74, 6) is 0.366. The molecule has 3 aromatic rings. The maximum atomic E-state index is 13.1. The maximum absolute atomic E-state index is 13.1. The fourth-order valence-electron chi connectivity index (χ4n) is 3.39. The third-order valence-electron chi connectivity index (χ3n) is 5.04. The van der Waals surface area contributed by atoms with Crippen LogP contribution in [0.2, 0.25) is 0 Å². The van der Waals surface area contributed by atoms with Gasteiger partial charge < -0.3 is 14.8 Å². The molecule has 11 heteroatoms. The fraction of sp³-hybridized carbons (Fsp3) is 0.286. The van der Waals surface area contributed by atoms with Crippen LogP contribution in [0.4, 0.5) is 0 Å². The molecule has 2 aromatic heterocycles. The second-order valence-electron chi connectivity index (χ2n) is 7.00. The number of benzene rings is 1. The van der Waals surface area contributed by atoms with E-state index in [9.17, 15) is 13.2 Å². The normalized spacial score (nSPS) is 14.8. The van der Waals surface area contributed by atoms with Crippen molar-refractivity contribution in [2.24, 2.45) is 0 Å². The molecule has 0 aliphatic carbocycles. The van der Waals surface area contributed by atoms with Crippen LogP contribution in [0, 0.1) is 0 Å². The average Bonchev–Trinajstić information content (AvgIpc) is 3.37. The number of carbonyl (C=O) groups is 1. The number of nitrogens with zero attached hydrogens (tertiary/aromatic N) is 4. The van der Waals surface area contributed by atoms with Gasteiger partial charge in [-0.2, -0.15) is 9.40 Å². The van der Waals surface area contributed by atoms with E-state index in [0.29, 0.717) is 19.0 Å². The number of hydrogen-bond acceptors (Lipinski definition) is 7. The molecule has 1 aliphatic rings. The molecule has 168 valence electrons. The minimum Gasteiger partial charge on any atom is -0.495 e. The molecule has 1 N–H and O–H groups in total. The van der Waals surface area contributed by atoms with Crippen LogP contribution in [0.3, 0.4) is 0 Å². The van der Waals surface area contributed by atoms with E-state index >= 15 is 0 Å². The molecular weight excluding hydrogens is 434 g/mol. The van der Waals surface area contributed by atoms with Gasteiger partial charge in [0.05, 0.1) is 20.3 Å². The highest BCUT2D eigenvalue weighted by Gasteiger charge is 2.30. The first kappa shape index (κ1) is 21.9. The molecule has 3 heterocycles. The van der Waals surface area contributed by atoms with E-state index in [1.807, 2.05) is 6.07 Å². The largest absolute Gasteiger partial charge is 0.495 e. The van der Waals surface area contributed by atoms with Crippen LogP contribution in [0.5, 0.6) is 5.75 Å². The third-order valence-corrected chi connectivity index (χ3v) is 6.96. The first-order valence-corrected chi connectivity index (χ1v) is 11.4. The highest BCUT2D eigenvalue weighted by Crippen LogP contribution is 2.28. The van der Waals surface area contributed by atoms with Crippen LogP contribution in [-0.2, 0) is 21.3 Å². The summed E-state index contributed by atoms with van der Waals surface area (Å²) in [7, 11) is -2.44. The van der Waals surface area contributed by atoms with Crippen LogP contribution in [0.1, 0.15) is 15.9 Å². The third kappa shape index (κ3) is 4.49. The molecule has 0 unspecified atom stereocenters. The lowest BCUT2D eigenvalue weighted by Crippen LogP contribution is -2.40. The number of carbonyl (C=O) groups excluding carboxylic acids is 1. The van der Waals surface area contributed by atoms with Gasteiger partial charge >= 0.3 is 0 Å². The van der Waals surface area contributed by atoms with Gasteiger partial charge in [0, 0.05) is 49.4 Å². The van der Waals surface area contributed by atoms with Gasteiger partial charge in [-0.1, -0.05) is 6.07 Å². The number of pyridine rings is 1. The molecule has 10 nitrogen and oxygen atoms in total. The Morgan fingerprint density at radius 3 is 2.72 bits per heavy atom. The second kappa shape index (κ2) is 9.47. The van der Waals surface area contributed by atoms with Crippen molar-refractivity contribution in [2.75, 3.05) is 33.4 Å². The van der Waals surface area contributed by atoms with E-state index in [1.54, 1.807) is 35.4 Å². The molecule has 0 radical (unpaired) electrons. The Balaban J connectivity index is 1.56. The minimum absolute atomic E-state index is 0.0480. The summed E-state index contributed by atoms with van der Waals surface area (Å²) in [4.78, 5) is 17.1. The van der Waals surface area contributed by atoms with E-state index in [1.165, 1.54) is 29.6 Å². The van der Waals surface area contributed by atoms with Crippen molar-refractivity contribution in [1.82, 2.24) is 24.4 Å². The van der Waals surface area contributed by atoms with Gasteiger partial charge in [0.2, 0.25) is 10.0 Å². The Hall–Kier alpha value is -3.28. The summed E-state index contributed by atoms with van der Waals surface area (Å²) in [5, 5.41) is 7.01. The SMILES string of the molecule is COc1ccc(C(=O)NCc2cccnc2-n2cccn2)cc1S(=O)(=O)N1CCOCC1. The Bertz CT molecular complexity index is 1190. The van der Waals surface area contributed by atoms with Gasteiger partial charge in [0.1, 0.15) is 10.6 Å². The molecule has 0 atom stereocenters. The van der Waals surface area contributed by atoms with Crippen molar-refractivity contribution < 1.29 is 22.7 Å². The second-order valence-corrected chi connectivity index (χ2v) is 8.91. The number of nitrogens with one attached hydrogen (secondary N) is 1. The smallest absolute Gasteiger partial charge is 0.251 e. The molecule has 0 bridgehead atoms. The van der Waals surface area contributed by atoms with E-state index < -0.39 is 15.9 Å². The van der Waals surface area contributed by atoms with E-state index in [2.05, 4.69) is 15.4 Å². The summed E-state index contributed by atoms with van der Waals surface area (Å²) in [6.45, 7) is 1.34. The highest BCUT2D eigenvalue weighted by molar-refractivity contribution is 7.89. The number of aromatic nitrogens is 3. The average molecular weight is 458 g/mol. The predicted octanol–water partition coefficient (Wildman–Crippen LogP) is 1.23. The van der Waals surface area contributed by atoms with Crippen molar-refractivity contribution in [3.63, 3.8) is 0 Å². The van der Waals surface area contributed by atoms with Crippen LogP contribution < -0.4 is 10.1 Å². The van der Waals surface area contributed by atoms with Gasteiger partial charge in [-0.15, -0.1) is 0 Å². The molecule has 1 aromatic carbocycles. The first-order valence-electron chi connectivity index (χ1n) is 9.99. The molecule has 0 spiro atoms. The fourth-order valence-corrected chi connectivity index (χ4v) is 4.98. The number of rotatable bonds is 7. The first-order chi connectivity index (χ1) is 15.5. The number of morpholine rings is 1. The van der Waals surface area contributed by atoms with Crippen molar-refractivity contribution >= 4 is 15.9 Å². The summed E-state index contributed by atoms with van der Waals surface area (Å²) >= 11 is 0. The monoisotopic (exact) mass is 457 g/mol. The number of ether oxygens (including phenoxy) is 2. The van der Waals surface area contributed by atoms with E-state index in [4.69, 9.17) is 9.47 Å². The van der Waals surface area contributed by atoms with E-state index in [0.717, 1.165) is 5.56 Å². The van der Waals surface area contributed by atoms with Gasteiger partial charge in [-0.25, -0.2) is 18.1 Å². The highest BCUT2D eigenvalue weighted by atomic mass is 32.2. The summed E-state index contributed by atoms with van der Waals surface area (Å²) in [6.07, 6.45) is 5.05. The quantitative estimate of drug-likeness (QED) is 0.567. The van der Waals surface area contributed by atoms with E-state index in [-0.39, 0.29) is 35.8 Å². The van der Waals surface area contributed by atoms with Gasteiger partial charge in [0.15, 0.2) is 5.82 Å². The topological polar surface area (TPSA) is 116 Å². The Morgan fingerprint density at radius 1 is 1.19 bits per heavy atom. The zero-order valence-corrected chi connectivity index (χ0v) is 18.3. The van der Waals surface area contributed by atoms with Gasteiger partial charge in [-0.05, 0) is 30.3 Å². The number of sulfonamides is 1. The zero-order valence-electron chi connectivity index (χ0n) is 17.5. The molecule has 0 saturated carbocycles. The molecule has 32 heavy (non-hydrogen) atoms. The van der Waals surface area contributed by atoms with Gasteiger partial charge in [-0.3, -0.25) is 4.79 Å². The Morgan fingerprint density at radius 2 is 2.00 bits per heavy atom. The standard InChI is InChI=1S/C21H23N5O5S/c1-30-18-6-5-16(14-19(18)32(28,29)25-10-12-31-13-11-25)21(27)23-15-17-4-2-7-22-20(17)26-9-3-8-24-26/h2-9,14H,10-13,15H2,1H3,(H,23,27). The number of methoxy groups -OCH3 is 1. The molecule has 1 amide bonds. The number of hydrogen-bond donors (Lipinski definition) is 1. The van der Waals surface area contributed by atoms with Gasteiger partial charge in [0.25, 0.3) is 5.91 Å². The van der Waals surface area contributed by atoms with Crippen molar-refractivity contribution in [3.05, 3.63) is 66.1 Å². The van der Waals surface area contributed by atoms with Crippen molar-refractivity contribution in [3.8, 4) is 11.6 Å². The molecule has 1 saturated heterocycles. The Labute approximate surface area is 185 Å². The molecule has 4 rings (SSSR count). The molecular formula is C21H23N5O5S. The molecule has 1 fully saturated rings. The van der Waals surface area contributed by atoms with Crippen LogP contribution in [-0.4, -0.2) is 66.8 Å². The van der Waals surface area contributed by atoms with Crippen molar-refractivity contribution in [1.29, 1.82) is 0 Å². The lowest BCUT2D eigenvalue weighted by atomic mass is 10.2. The van der Waals surface area contributed by atoms with Crippen LogP contribution in [0.15, 0.2) is 59.9 Å². The predicted molar refractivity (Wildman–Crippen MR) is 115 cm³/mol. The number of amides is 1.